The van der Waals surface area contributed by atoms with Crippen LogP contribution in [0.1, 0.15) is 70.6 Å². The zero-order chi connectivity index (χ0) is 15.6. The molecule has 0 amide bonds. The molecule has 1 aliphatic rings. The van der Waals surface area contributed by atoms with Gasteiger partial charge in [0.1, 0.15) is 5.60 Å². The molecule has 0 atom stereocenters. The highest BCUT2D eigenvalue weighted by Gasteiger charge is 2.36. The predicted molar refractivity (Wildman–Crippen MR) is 95.9 cm³/mol. The predicted octanol–water partition coefficient (Wildman–Crippen LogP) is 6.07. The second-order valence-electron chi connectivity index (χ2n) is 7.16. The van der Waals surface area contributed by atoms with Crippen molar-refractivity contribution in [2.75, 3.05) is 0 Å². The van der Waals surface area contributed by atoms with Gasteiger partial charge in [-0.1, -0.05) is 50.5 Å². The Balaban J connectivity index is 2.59. The summed E-state index contributed by atoms with van der Waals surface area (Å²) in [5, 5.41) is 0. The van der Waals surface area contributed by atoms with Gasteiger partial charge in [-0.05, 0) is 51.2 Å². The molecule has 0 spiro atoms. The maximum atomic E-state index is 6.66. The molecule has 0 aromatic carbocycles. The van der Waals surface area contributed by atoms with Crippen molar-refractivity contribution in [1.29, 1.82) is 0 Å². The van der Waals surface area contributed by atoms with Crippen molar-refractivity contribution >= 4 is 8.32 Å². The summed E-state index contributed by atoms with van der Waals surface area (Å²) in [6.07, 6.45) is 21.5. The van der Waals surface area contributed by atoms with Crippen LogP contribution in [0.25, 0.3) is 0 Å². The van der Waals surface area contributed by atoms with Crippen molar-refractivity contribution in [3.05, 3.63) is 12.7 Å². The van der Waals surface area contributed by atoms with Gasteiger partial charge in [0.2, 0.25) is 0 Å². The third-order valence-electron chi connectivity index (χ3n) is 4.58. The third-order valence-corrected chi connectivity index (χ3v) is 7.08. The molecular weight excluding hydrogens is 272 g/mol. The van der Waals surface area contributed by atoms with E-state index >= 15 is 0 Å². The van der Waals surface area contributed by atoms with E-state index in [0.29, 0.717) is 0 Å². The van der Waals surface area contributed by atoms with Gasteiger partial charge in [0, 0.05) is 0 Å². The maximum Gasteiger partial charge on any atom is 0.188 e. The Bertz CT molecular complexity index is 330. The van der Waals surface area contributed by atoms with E-state index in [-0.39, 0.29) is 5.60 Å². The maximum absolute atomic E-state index is 6.66. The first-order valence-corrected chi connectivity index (χ1v) is 11.9. The van der Waals surface area contributed by atoms with Crippen LogP contribution in [0, 0.1) is 12.3 Å². The van der Waals surface area contributed by atoms with Crippen LogP contribution in [0.4, 0.5) is 0 Å². The van der Waals surface area contributed by atoms with E-state index in [4.69, 9.17) is 10.8 Å². The molecule has 21 heavy (non-hydrogen) atoms. The van der Waals surface area contributed by atoms with Gasteiger partial charge < -0.3 is 4.43 Å². The van der Waals surface area contributed by atoms with E-state index in [1.165, 1.54) is 57.4 Å². The van der Waals surface area contributed by atoms with E-state index < -0.39 is 8.32 Å². The molecule has 0 radical (unpaired) electrons. The Morgan fingerprint density at radius 3 is 2.19 bits per heavy atom. The Labute approximate surface area is 133 Å². The van der Waals surface area contributed by atoms with Crippen LogP contribution in [0.5, 0.6) is 0 Å². The minimum atomic E-state index is -1.67. The highest BCUT2D eigenvalue weighted by molar-refractivity contribution is 6.71. The molecule has 0 aromatic rings. The summed E-state index contributed by atoms with van der Waals surface area (Å²) < 4.78 is 6.66. The molecule has 0 saturated heterocycles. The number of hydrogen-bond acceptors (Lipinski definition) is 1. The smallest absolute Gasteiger partial charge is 0.188 e. The fourth-order valence-corrected chi connectivity index (χ4v) is 5.87. The van der Waals surface area contributed by atoms with Crippen molar-refractivity contribution in [3.63, 3.8) is 0 Å². The van der Waals surface area contributed by atoms with Gasteiger partial charge in [-0.15, -0.1) is 13.0 Å². The Hall–Kier alpha value is -0.523. The van der Waals surface area contributed by atoms with E-state index in [1.54, 1.807) is 0 Å². The van der Waals surface area contributed by atoms with Gasteiger partial charge in [-0.2, -0.15) is 0 Å². The average molecular weight is 307 g/mol. The van der Waals surface area contributed by atoms with Gasteiger partial charge in [0.05, 0.1) is 0 Å². The van der Waals surface area contributed by atoms with Gasteiger partial charge in [-0.25, -0.2) is 0 Å². The summed E-state index contributed by atoms with van der Waals surface area (Å²) in [6, 6.07) is 1.21. The quantitative estimate of drug-likeness (QED) is 0.240. The lowest BCUT2D eigenvalue weighted by atomic mass is 9.93. The monoisotopic (exact) mass is 306 g/mol. The van der Waals surface area contributed by atoms with Crippen LogP contribution in [0.15, 0.2) is 12.7 Å². The lowest BCUT2D eigenvalue weighted by Crippen LogP contribution is -2.43. The molecule has 0 aromatic heterocycles. The summed E-state index contributed by atoms with van der Waals surface area (Å²) in [7, 11) is -1.67. The molecule has 1 aliphatic carbocycles. The first-order valence-electron chi connectivity index (χ1n) is 8.82. The summed E-state index contributed by atoms with van der Waals surface area (Å²) in [4.78, 5) is 0. The molecule has 0 aliphatic heterocycles. The molecule has 1 rings (SSSR count). The largest absolute Gasteiger partial charge is 0.401 e. The van der Waals surface area contributed by atoms with Crippen LogP contribution in [0.2, 0.25) is 19.1 Å². The zero-order valence-corrected chi connectivity index (χ0v) is 15.3. The second kappa shape index (κ2) is 9.49. The van der Waals surface area contributed by atoms with Crippen LogP contribution in [-0.2, 0) is 4.43 Å². The van der Waals surface area contributed by atoms with E-state index in [1.807, 2.05) is 6.08 Å². The highest BCUT2D eigenvalue weighted by Crippen LogP contribution is 2.33. The summed E-state index contributed by atoms with van der Waals surface area (Å²) in [5.74, 6) is 3.07. The minimum absolute atomic E-state index is 0.265. The summed E-state index contributed by atoms with van der Waals surface area (Å²) in [5.41, 5.74) is -0.265. The molecular formula is C19H34OSi. The second-order valence-corrected chi connectivity index (χ2v) is 11.4. The average Bonchev–Trinajstić information content (AvgIpc) is 2.56. The molecule has 0 unspecified atom stereocenters. The number of hydrogen-bond donors (Lipinski definition) is 0. The SMILES string of the molecule is C#CC1(O[Si](C)(C)CCCCC=C)CCCCCCCC1. The zero-order valence-electron chi connectivity index (χ0n) is 14.3. The number of unbranched alkanes of at least 4 members (excludes halogenated alkanes) is 2. The Morgan fingerprint density at radius 1 is 1.10 bits per heavy atom. The van der Waals surface area contributed by atoms with Crippen molar-refractivity contribution in [1.82, 2.24) is 0 Å². The molecule has 0 N–H and O–H groups in total. The van der Waals surface area contributed by atoms with Crippen molar-refractivity contribution in [2.45, 2.75) is 95.4 Å². The highest BCUT2D eigenvalue weighted by atomic mass is 28.4. The van der Waals surface area contributed by atoms with E-state index in [0.717, 1.165) is 19.3 Å². The molecule has 1 nitrogen and oxygen atoms in total. The molecule has 2 heteroatoms. The molecule has 0 bridgehead atoms. The standard InChI is InChI=1S/C19H34OSi/c1-5-7-8-15-18-21(3,4)20-19(6-2)16-13-11-9-10-12-14-17-19/h2,5H,1,7-18H2,3-4H3. The first-order chi connectivity index (χ1) is 10.0. The van der Waals surface area contributed by atoms with Gasteiger partial charge in [0.25, 0.3) is 0 Å². The number of allylic oxidation sites excluding steroid dienone is 1. The van der Waals surface area contributed by atoms with Gasteiger partial charge >= 0.3 is 0 Å². The molecule has 120 valence electrons. The third kappa shape index (κ3) is 7.34. The van der Waals surface area contributed by atoms with Crippen molar-refractivity contribution in [3.8, 4) is 12.3 Å². The molecule has 1 fully saturated rings. The van der Waals surface area contributed by atoms with Crippen LogP contribution in [0.3, 0.4) is 0 Å². The first kappa shape index (κ1) is 18.5. The van der Waals surface area contributed by atoms with Crippen molar-refractivity contribution in [2.24, 2.45) is 0 Å². The van der Waals surface area contributed by atoms with Gasteiger partial charge in [-0.3, -0.25) is 0 Å². The number of terminal acetylenes is 1. The lowest BCUT2D eigenvalue weighted by molar-refractivity contribution is 0.0958. The van der Waals surface area contributed by atoms with Crippen LogP contribution >= 0.6 is 0 Å². The summed E-state index contributed by atoms with van der Waals surface area (Å²) >= 11 is 0. The van der Waals surface area contributed by atoms with Gasteiger partial charge in [0.15, 0.2) is 8.32 Å². The molecule has 1 saturated carbocycles. The lowest BCUT2D eigenvalue weighted by Gasteiger charge is -2.37. The normalized spacial score (nSPS) is 19.9. The fourth-order valence-electron chi connectivity index (χ4n) is 3.35. The fraction of sp³-hybridized carbons (Fsp3) is 0.789. The van der Waals surface area contributed by atoms with Crippen LogP contribution < -0.4 is 0 Å². The minimum Gasteiger partial charge on any atom is -0.401 e. The van der Waals surface area contributed by atoms with E-state index in [9.17, 15) is 0 Å². The van der Waals surface area contributed by atoms with Crippen LogP contribution in [-0.4, -0.2) is 13.9 Å². The van der Waals surface area contributed by atoms with Crippen molar-refractivity contribution < 1.29 is 4.43 Å². The Morgan fingerprint density at radius 2 is 1.67 bits per heavy atom. The number of rotatable bonds is 7. The van der Waals surface area contributed by atoms with E-state index in [2.05, 4.69) is 25.6 Å². The summed E-state index contributed by atoms with van der Waals surface area (Å²) in [6.45, 7) is 8.47. The Kier molecular flexibility index (Phi) is 8.37. The topological polar surface area (TPSA) is 9.23 Å². The molecule has 0 heterocycles.